The van der Waals surface area contributed by atoms with Gasteiger partial charge >= 0.3 is 6.36 Å². The standard InChI is InChI=1S/C27H30F3N5O3/c1-33-24(26(37)34-13-9-20(10-14-34)35-12-4-7-21(35)17-36)23(19-6-3-11-31-16-19)32-25(33)18-5-2-8-22(15-18)38-27(28,29)30/h2-3,5-6,8,11,15-16,20-21,36H,4,7,9-10,12-14,17H2,1H3. The number of rotatable bonds is 6. The van der Waals surface area contributed by atoms with Gasteiger partial charge in [0.25, 0.3) is 5.91 Å². The van der Waals surface area contributed by atoms with Gasteiger partial charge in [-0.2, -0.15) is 0 Å². The third-order valence-corrected chi connectivity index (χ3v) is 7.41. The van der Waals surface area contributed by atoms with E-state index in [1.807, 2.05) is 4.90 Å². The number of aromatic nitrogens is 3. The van der Waals surface area contributed by atoms with Gasteiger partial charge in [0, 0.05) is 55.7 Å². The number of hydrogen-bond donors (Lipinski definition) is 1. The minimum Gasteiger partial charge on any atom is -0.406 e. The van der Waals surface area contributed by atoms with E-state index in [0.29, 0.717) is 47.5 Å². The molecule has 0 aliphatic carbocycles. The Labute approximate surface area is 218 Å². The van der Waals surface area contributed by atoms with Crippen LogP contribution in [-0.2, 0) is 7.05 Å². The first-order valence-corrected chi connectivity index (χ1v) is 12.7. The summed E-state index contributed by atoms with van der Waals surface area (Å²) in [5.74, 6) is -0.206. The maximum Gasteiger partial charge on any atom is 0.573 e. The highest BCUT2D eigenvalue weighted by atomic mass is 19.4. The summed E-state index contributed by atoms with van der Waals surface area (Å²) in [4.78, 5) is 26.9. The number of likely N-dealkylation sites (tertiary alicyclic amines) is 2. The molecule has 2 fully saturated rings. The lowest BCUT2D eigenvalue weighted by molar-refractivity contribution is -0.274. The van der Waals surface area contributed by atoms with Gasteiger partial charge in [-0.1, -0.05) is 12.1 Å². The number of aliphatic hydroxyl groups is 1. The van der Waals surface area contributed by atoms with Gasteiger partial charge in [0.1, 0.15) is 23.0 Å². The number of aliphatic hydroxyl groups excluding tert-OH is 1. The Morgan fingerprint density at radius 1 is 1.11 bits per heavy atom. The fraction of sp³-hybridized carbons (Fsp3) is 0.444. The van der Waals surface area contributed by atoms with Gasteiger partial charge in [-0.05, 0) is 56.5 Å². The van der Waals surface area contributed by atoms with Crippen molar-refractivity contribution < 1.29 is 27.8 Å². The fourth-order valence-electron chi connectivity index (χ4n) is 5.62. The molecule has 38 heavy (non-hydrogen) atoms. The van der Waals surface area contributed by atoms with Gasteiger partial charge in [-0.25, -0.2) is 4.98 Å². The lowest BCUT2D eigenvalue weighted by Crippen LogP contribution is -2.49. The van der Waals surface area contributed by atoms with Crippen LogP contribution in [0.2, 0.25) is 0 Å². The molecule has 0 spiro atoms. The van der Waals surface area contributed by atoms with E-state index in [-0.39, 0.29) is 24.3 Å². The molecule has 8 nitrogen and oxygen atoms in total. The molecule has 0 radical (unpaired) electrons. The first-order valence-electron chi connectivity index (χ1n) is 12.7. The van der Waals surface area contributed by atoms with Crippen molar-refractivity contribution in [2.24, 2.45) is 7.05 Å². The molecular weight excluding hydrogens is 499 g/mol. The first kappa shape index (κ1) is 26.2. The van der Waals surface area contributed by atoms with Crippen LogP contribution in [0, 0.1) is 0 Å². The molecule has 1 amide bonds. The van der Waals surface area contributed by atoms with Gasteiger partial charge in [0.2, 0.25) is 0 Å². The second kappa shape index (κ2) is 10.7. The van der Waals surface area contributed by atoms with Crippen LogP contribution in [0.4, 0.5) is 13.2 Å². The lowest BCUT2D eigenvalue weighted by Gasteiger charge is -2.39. The number of ether oxygens (including phenoxy) is 1. The molecule has 2 aliphatic rings. The van der Waals surface area contributed by atoms with Crippen molar-refractivity contribution in [3.05, 3.63) is 54.5 Å². The van der Waals surface area contributed by atoms with Crippen LogP contribution in [-0.4, -0.2) is 80.0 Å². The van der Waals surface area contributed by atoms with Crippen molar-refractivity contribution in [3.63, 3.8) is 0 Å². The summed E-state index contributed by atoms with van der Waals surface area (Å²) in [6.45, 7) is 2.26. The van der Waals surface area contributed by atoms with E-state index in [1.54, 1.807) is 42.2 Å². The Morgan fingerprint density at radius 2 is 1.87 bits per heavy atom. The Kier molecular flexibility index (Phi) is 7.40. The quantitative estimate of drug-likeness (QED) is 0.518. The van der Waals surface area contributed by atoms with Crippen molar-refractivity contribution in [3.8, 4) is 28.4 Å². The van der Waals surface area contributed by atoms with E-state index < -0.39 is 6.36 Å². The van der Waals surface area contributed by atoms with Gasteiger partial charge in [0.15, 0.2) is 0 Å². The zero-order chi connectivity index (χ0) is 26.9. The van der Waals surface area contributed by atoms with Crippen molar-refractivity contribution in [1.82, 2.24) is 24.3 Å². The van der Waals surface area contributed by atoms with Crippen LogP contribution < -0.4 is 4.74 Å². The third-order valence-electron chi connectivity index (χ3n) is 7.41. The molecule has 11 heteroatoms. The molecule has 0 bridgehead atoms. The van der Waals surface area contributed by atoms with Crippen molar-refractivity contribution in [2.45, 2.75) is 44.1 Å². The summed E-state index contributed by atoms with van der Waals surface area (Å²) in [7, 11) is 1.69. The number of piperidine rings is 1. The number of hydrogen-bond acceptors (Lipinski definition) is 6. The van der Waals surface area contributed by atoms with E-state index >= 15 is 0 Å². The zero-order valence-corrected chi connectivity index (χ0v) is 21.1. The van der Waals surface area contributed by atoms with Crippen LogP contribution in [0.15, 0.2) is 48.8 Å². The molecule has 1 unspecified atom stereocenters. The van der Waals surface area contributed by atoms with E-state index in [2.05, 4.69) is 14.6 Å². The average Bonchev–Trinajstić information content (AvgIpc) is 3.52. The second-order valence-corrected chi connectivity index (χ2v) is 9.75. The molecule has 2 aromatic heterocycles. The zero-order valence-electron chi connectivity index (χ0n) is 21.1. The smallest absolute Gasteiger partial charge is 0.406 e. The largest absolute Gasteiger partial charge is 0.573 e. The maximum atomic E-state index is 13.9. The number of pyridine rings is 1. The number of nitrogens with zero attached hydrogens (tertiary/aromatic N) is 5. The van der Waals surface area contributed by atoms with Crippen LogP contribution in [0.5, 0.6) is 5.75 Å². The van der Waals surface area contributed by atoms with E-state index in [9.17, 15) is 23.1 Å². The summed E-state index contributed by atoms with van der Waals surface area (Å²) in [5, 5.41) is 9.71. The Bertz CT molecular complexity index is 1270. The normalized spacial score (nSPS) is 19.2. The molecule has 3 aromatic rings. The van der Waals surface area contributed by atoms with E-state index in [1.165, 1.54) is 18.2 Å². The van der Waals surface area contributed by atoms with Crippen molar-refractivity contribution >= 4 is 5.91 Å². The molecule has 2 saturated heterocycles. The monoisotopic (exact) mass is 529 g/mol. The predicted molar refractivity (Wildman–Crippen MR) is 134 cm³/mol. The highest BCUT2D eigenvalue weighted by molar-refractivity contribution is 5.99. The molecule has 202 valence electrons. The minimum absolute atomic E-state index is 0.153. The summed E-state index contributed by atoms with van der Waals surface area (Å²) < 4.78 is 44.2. The third kappa shape index (κ3) is 5.39. The summed E-state index contributed by atoms with van der Waals surface area (Å²) >= 11 is 0. The number of amides is 1. The topological polar surface area (TPSA) is 83.7 Å². The molecular formula is C27H30F3N5O3. The van der Waals surface area contributed by atoms with Crippen molar-refractivity contribution in [2.75, 3.05) is 26.2 Å². The Morgan fingerprint density at radius 3 is 2.55 bits per heavy atom. The molecule has 1 aromatic carbocycles. The Hall–Kier alpha value is -3.44. The van der Waals surface area contributed by atoms with Gasteiger partial charge in [0.05, 0.1) is 6.61 Å². The number of carbonyl (C=O) groups is 1. The second-order valence-electron chi connectivity index (χ2n) is 9.75. The SMILES string of the molecule is Cn1c(-c2cccc(OC(F)(F)F)c2)nc(-c2cccnc2)c1C(=O)N1CCC(N2CCCC2CO)CC1. The van der Waals surface area contributed by atoms with Crippen LogP contribution in [0.25, 0.3) is 22.6 Å². The number of imidazole rings is 1. The molecule has 1 N–H and O–H groups in total. The molecule has 0 saturated carbocycles. The average molecular weight is 530 g/mol. The first-order chi connectivity index (χ1) is 18.2. The highest BCUT2D eigenvalue weighted by Crippen LogP contribution is 2.33. The number of alkyl halides is 3. The predicted octanol–water partition coefficient (Wildman–Crippen LogP) is 4.11. The van der Waals surface area contributed by atoms with Gasteiger partial charge in [-0.15, -0.1) is 13.2 Å². The van der Waals surface area contributed by atoms with Crippen molar-refractivity contribution in [1.29, 1.82) is 0 Å². The van der Waals surface area contributed by atoms with Crippen LogP contribution >= 0.6 is 0 Å². The van der Waals surface area contributed by atoms with E-state index in [0.717, 1.165) is 32.2 Å². The summed E-state index contributed by atoms with van der Waals surface area (Å²) in [6.07, 6.45) is 2.11. The number of benzene rings is 1. The molecule has 5 rings (SSSR count). The van der Waals surface area contributed by atoms with Gasteiger partial charge < -0.3 is 19.3 Å². The Balaban J connectivity index is 1.44. The maximum absolute atomic E-state index is 13.9. The lowest BCUT2D eigenvalue weighted by atomic mass is 10.0. The fourth-order valence-corrected chi connectivity index (χ4v) is 5.62. The highest BCUT2D eigenvalue weighted by Gasteiger charge is 2.35. The minimum atomic E-state index is -4.82. The van der Waals surface area contributed by atoms with E-state index in [4.69, 9.17) is 4.98 Å². The van der Waals surface area contributed by atoms with Gasteiger partial charge in [-0.3, -0.25) is 14.7 Å². The van der Waals surface area contributed by atoms with Crippen LogP contribution in [0.3, 0.4) is 0 Å². The molecule has 4 heterocycles. The number of carbonyl (C=O) groups excluding carboxylic acids is 1. The molecule has 1 atom stereocenters. The summed E-state index contributed by atoms with van der Waals surface area (Å²) in [6, 6.07) is 9.63. The summed E-state index contributed by atoms with van der Waals surface area (Å²) in [5.41, 5.74) is 1.80. The van der Waals surface area contributed by atoms with Crippen LogP contribution in [0.1, 0.15) is 36.2 Å². The molecule has 2 aliphatic heterocycles. The number of halogens is 3.